The lowest BCUT2D eigenvalue weighted by molar-refractivity contribution is -0.384. The first-order valence-corrected chi connectivity index (χ1v) is 5.99. The number of nitro benzene ring substituents is 1. The van der Waals surface area contributed by atoms with Crippen LogP contribution in [0.2, 0.25) is 0 Å². The van der Waals surface area contributed by atoms with Crippen LogP contribution in [0.3, 0.4) is 0 Å². The van der Waals surface area contributed by atoms with Crippen molar-refractivity contribution in [2.45, 2.75) is 13.2 Å². The maximum atomic E-state index is 10.8. The van der Waals surface area contributed by atoms with Gasteiger partial charge in [0.25, 0.3) is 5.69 Å². The topological polar surface area (TPSA) is 95.1 Å². The number of non-ortho nitro benzene ring substituents is 1. The van der Waals surface area contributed by atoms with Crippen LogP contribution in [-0.2, 0) is 20.2 Å². The minimum absolute atomic E-state index is 0.0428. The predicted molar refractivity (Wildman–Crippen MR) is 71.2 cm³/mol. The van der Waals surface area contributed by atoms with Crippen LogP contribution < -0.4 is 10.1 Å². The van der Waals surface area contributed by atoms with Gasteiger partial charge in [-0.25, -0.2) is 4.98 Å². The third-order valence-corrected chi connectivity index (χ3v) is 2.78. The number of nitrogens with one attached hydrogen (secondary N) is 1. The lowest BCUT2D eigenvalue weighted by Gasteiger charge is -2.10. The minimum Gasteiger partial charge on any atom is -0.485 e. The molecule has 8 nitrogen and oxygen atoms in total. The first kappa shape index (κ1) is 13.9. The highest BCUT2D eigenvalue weighted by Gasteiger charge is 2.12. The number of ether oxygens (including phenoxy) is 1. The molecule has 0 aliphatic rings. The number of benzene rings is 1. The number of hydrogen-bond acceptors (Lipinski definition) is 6. The zero-order valence-electron chi connectivity index (χ0n) is 11.2. The van der Waals surface area contributed by atoms with E-state index in [0.29, 0.717) is 18.1 Å². The molecular weight excluding hydrogens is 262 g/mol. The summed E-state index contributed by atoms with van der Waals surface area (Å²) in [5.41, 5.74) is 0.769. The molecule has 0 spiro atoms. The summed E-state index contributed by atoms with van der Waals surface area (Å²) >= 11 is 0. The van der Waals surface area contributed by atoms with Gasteiger partial charge in [-0.2, -0.15) is 5.10 Å². The Morgan fingerprint density at radius 3 is 2.90 bits per heavy atom. The van der Waals surface area contributed by atoms with Gasteiger partial charge in [-0.05, 0) is 13.1 Å². The van der Waals surface area contributed by atoms with E-state index in [2.05, 4.69) is 15.4 Å². The minimum atomic E-state index is -0.425. The molecule has 0 fully saturated rings. The molecule has 0 unspecified atom stereocenters. The van der Waals surface area contributed by atoms with Crippen molar-refractivity contribution < 1.29 is 9.66 Å². The van der Waals surface area contributed by atoms with Gasteiger partial charge in [-0.1, -0.05) is 0 Å². The molecule has 0 amide bonds. The Bertz CT molecular complexity index is 611. The first-order chi connectivity index (χ1) is 9.61. The smallest absolute Gasteiger partial charge is 0.270 e. The molecule has 1 N–H and O–H groups in total. The van der Waals surface area contributed by atoms with Crippen molar-refractivity contribution in [1.82, 2.24) is 20.1 Å². The van der Waals surface area contributed by atoms with E-state index in [1.165, 1.54) is 18.5 Å². The molecule has 1 aromatic heterocycles. The summed E-state index contributed by atoms with van der Waals surface area (Å²) in [4.78, 5) is 14.4. The molecule has 2 aromatic rings. The lowest BCUT2D eigenvalue weighted by atomic mass is 10.2. The van der Waals surface area contributed by atoms with Crippen LogP contribution in [0.5, 0.6) is 5.75 Å². The fraction of sp³-hybridized carbons (Fsp3) is 0.333. The largest absolute Gasteiger partial charge is 0.485 e. The molecular formula is C12H15N5O3. The summed E-state index contributed by atoms with van der Waals surface area (Å²) in [5.74, 6) is 1.27. The van der Waals surface area contributed by atoms with Gasteiger partial charge in [0.05, 0.1) is 4.92 Å². The van der Waals surface area contributed by atoms with Crippen LogP contribution in [0, 0.1) is 10.1 Å². The van der Waals surface area contributed by atoms with E-state index in [-0.39, 0.29) is 12.3 Å². The number of rotatable bonds is 6. The number of aryl methyl sites for hydroxylation is 1. The molecule has 20 heavy (non-hydrogen) atoms. The van der Waals surface area contributed by atoms with Crippen molar-refractivity contribution in [3.63, 3.8) is 0 Å². The standard InChI is InChI=1S/C12H15N5O3/c1-13-6-9-5-10(17(18)19)3-4-11(9)20-7-12-14-8-15-16(12)2/h3-5,8,13H,6-7H2,1-2H3. The maximum absolute atomic E-state index is 10.8. The summed E-state index contributed by atoms with van der Waals surface area (Å²) in [6.45, 7) is 0.737. The number of nitrogens with zero attached hydrogens (tertiary/aromatic N) is 4. The average molecular weight is 277 g/mol. The summed E-state index contributed by atoms with van der Waals surface area (Å²) in [6.07, 6.45) is 1.45. The highest BCUT2D eigenvalue weighted by molar-refractivity contribution is 5.43. The van der Waals surface area contributed by atoms with E-state index < -0.39 is 4.92 Å². The third-order valence-electron chi connectivity index (χ3n) is 2.78. The SMILES string of the molecule is CNCc1cc([N+](=O)[O-])ccc1OCc1ncnn1C. The van der Waals surface area contributed by atoms with Gasteiger partial charge in [0.1, 0.15) is 18.7 Å². The Hall–Kier alpha value is -2.48. The van der Waals surface area contributed by atoms with Gasteiger partial charge in [-0.15, -0.1) is 0 Å². The van der Waals surface area contributed by atoms with Crippen LogP contribution in [0.25, 0.3) is 0 Å². The number of hydrogen-bond donors (Lipinski definition) is 1. The van der Waals surface area contributed by atoms with Crippen molar-refractivity contribution in [2.75, 3.05) is 7.05 Å². The number of aromatic nitrogens is 3. The molecule has 0 bridgehead atoms. The van der Waals surface area contributed by atoms with Crippen LogP contribution in [0.1, 0.15) is 11.4 Å². The van der Waals surface area contributed by atoms with Crippen LogP contribution in [-0.4, -0.2) is 26.7 Å². The highest BCUT2D eigenvalue weighted by Crippen LogP contribution is 2.24. The Kier molecular flexibility index (Phi) is 4.26. The van der Waals surface area contributed by atoms with E-state index in [1.54, 1.807) is 24.8 Å². The molecule has 0 saturated carbocycles. The number of nitro groups is 1. The third kappa shape index (κ3) is 3.09. The fourth-order valence-electron chi connectivity index (χ4n) is 1.74. The summed E-state index contributed by atoms with van der Waals surface area (Å²) in [5, 5.41) is 17.7. The average Bonchev–Trinajstić information content (AvgIpc) is 2.83. The second kappa shape index (κ2) is 6.11. The zero-order valence-corrected chi connectivity index (χ0v) is 11.2. The van der Waals surface area contributed by atoms with Gasteiger partial charge in [0.2, 0.25) is 0 Å². The Morgan fingerprint density at radius 2 is 2.30 bits per heavy atom. The molecule has 106 valence electrons. The molecule has 0 saturated heterocycles. The van der Waals surface area contributed by atoms with E-state index in [0.717, 1.165) is 5.56 Å². The molecule has 1 aromatic carbocycles. The Morgan fingerprint density at radius 1 is 1.50 bits per heavy atom. The molecule has 0 atom stereocenters. The zero-order chi connectivity index (χ0) is 14.5. The van der Waals surface area contributed by atoms with Crippen molar-refractivity contribution in [3.05, 3.63) is 46.0 Å². The second-order valence-electron chi connectivity index (χ2n) is 4.17. The van der Waals surface area contributed by atoms with Crippen molar-refractivity contribution >= 4 is 5.69 Å². The van der Waals surface area contributed by atoms with Crippen molar-refractivity contribution in [3.8, 4) is 5.75 Å². The molecule has 0 aliphatic heterocycles. The lowest BCUT2D eigenvalue weighted by Crippen LogP contribution is -2.10. The van der Waals surface area contributed by atoms with Crippen molar-refractivity contribution in [1.29, 1.82) is 0 Å². The highest BCUT2D eigenvalue weighted by atomic mass is 16.6. The van der Waals surface area contributed by atoms with E-state index in [9.17, 15) is 10.1 Å². The first-order valence-electron chi connectivity index (χ1n) is 5.99. The van der Waals surface area contributed by atoms with Gasteiger partial charge in [0, 0.05) is 31.3 Å². The predicted octanol–water partition coefficient (Wildman–Crippen LogP) is 1.02. The summed E-state index contributed by atoms with van der Waals surface area (Å²) in [7, 11) is 3.54. The van der Waals surface area contributed by atoms with Crippen molar-refractivity contribution in [2.24, 2.45) is 7.05 Å². The molecule has 8 heteroatoms. The van der Waals surface area contributed by atoms with Gasteiger partial charge in [-0.3, -0.25) is 14.8 Å². The van der Waals surface area contributed by atoms with Crippen LogP contribution >= 0.6 is 0 Å². The molecule has 1 heterocycles. The van der Waals surface area contributed by atoms with Crippen LogP contribution in [0.4, 0.5) is 5.69 Å². The molecule has 0 aliphatic carbocycles. The normalized spacial score (nSPS) is 10.5. The molecule has 2 rings (SSSR count). The summed E-state index contributed by atoms with van der Waals surface area (Å²) < 4.78 is 7.28. The Balaban J connectivity index is 2.17. The molecule has 0 radical (unpaired) electrons. The van der Waals surface area contributed by atoms with E-state index in [4.69, 9.17) is 4.74 Å². The van der Waals surface area contributed by atoms with Gasteiger partial charge < -0.3 is 10.1 Å². The summed E-state index contributed by atoms with van der Waals surface area (Å²) in [6, 6.07) is 4.52. The van der Waals surface area contributed by atoms with E-state index >= 15 is 0 Å². The van der Waals surface area contributed by atoms with Crippen LogP contribution in [0.15, 0.2) is 24.5 Å². The maximum Gasteiger partial charge on any atom is 0.270 e. The fourth-order valence-corrected chi connectivity index (χ4v) is 1.74. The Labute approximate surface area is 115 Å². The second-order valence-corrected chi connectivity index (χ2v) is 4.17. The van der Waals surface area contributed by atoms with Gasteiger partial charge >= 0.3 is 0 Å². The quantitative estimate of drug-likeness (QED) is 0.625. The monoisotopic (exact) mass is 277 g/mol. The van der Waals surface area contributed by atoms with E-state index in [1.807, 2.05) is 0 Å². The van der Waals surface area contributed by atoms with Gasteiger partial charge in [0.15, 0.2) is 5.82 Å².